The highest BCUT2D eigenvalue weighted by molar-refractivity contribution is 6.41. The van der Waals surface area contributed by atoms with Gasteiger partial charge in [0.2, 0.25) is 0 Å². The van der Waals surface area contributed by atoms with Crippen molar-refractivity contribution in [2.45, 2.75) is 0 Å². The topological polar surface area (TPSA) is 68.7 Å². The summed E-state index contributed by atoms with van der Waals surface area (Å²) < 4.78 is 11.1. The SMILES string of the molecule is O=C(O)c1cc(-c2ccc3c(c2)OCCO3)nc2c(Cl)ccc(Cl)c12. The molecule has 0 radical (unpaired) electrons. The van der Waals surface area contributed by atoms with Crippen LogP contribution in [0, 0.1) is 0 Å². The van der Waals surface area contributed by atoms with E-state index in [1.807, 2.05) is 0 Å². The minimum Gasteiger partial charge on any atom is -0.486 e. The molecule has 0 saturated carbocycles. The fraction of sp³-hybridized carbons (Fsp3) is 0.111. The zero-order valence-corrected chi connectivity index (χ0v) is 14.3. The maximum Gasteiger partial charge on any atom is 0.336 e. The molecule has 0 bridgehead atoms. The Bertz CT molecular complexity index is 1020. The number of ether oxygens (including phenoxy) is 2. The third-order valence-electron chi connectivity index (χ3n) is 3.93. The summed E-state index contributed by atoms with van der Waals surface area (Å²) in [6.07, 6.45) is 0. The van der Waals surface area contributed by atoms with Gasteiger partial charge in [-0.15, -0.1) is 0 Å². The van der Waals surface area contributed by atoms with Gasteiger partial charge in [-0.05, 0) is 36.4 Å². The molecule has 3 aromatic rings. The Balaban J connectivity index is 1.97. The quantitative estimate of drug-likeness (QED) is 0.704. The van der Waals surface area contributed by atoms with Gasteiger partial charge in [-0.3, -0.25) is 0 Å². The van der Waals surface area contributed by atoms with E-state index < -0.39 is 5.97 Å². The first-order valence-corrected chi connectivity index (χ1v) is 8.22. The van der Waals surface area contributed by atoms with Gasteiger partial charge < -0.3 is 14.6 Å². The van der Waals surface area contributed by atoms with Gasteiger partial charge in [0.05, 0.1) is 26.8 Å². The summed E-state index contributed by atoms with van der Waals surface area (Å²) in [7, 11) is 0. The number of hydrogen-bond acceptors (Lipinski definition) is 4. The van der Waals surface area contributed by atoms with E-state index in [1.165, 1.54) is 6.07 Å². The molecule has 2 heterocycles. The zero-order valence-electron chi connectivity index (χ0n) is 12.8. The molecule has 0 amide bonds. The van der Waals surface area contributed by atoms with Gasteiger partial charge >= 0.3 is 5.97 Å². The number of rotatable bonds is 2. The van der Waals surface area contributed by atoms with Gasteiger partial charge in [0.25, 0.3) is 0 Å². The van der Waals surface area contributed by atoms with Crippen LogP contribution in [0.15, 0.2) is 36.4 Å². The van der Waals surface area contributed by atoms with E-state index in [9.17, 15) is 9.90 Å². The number of aromatic carboxylic acids is 1. The molecule has 5 nitrogen and oxygen atoms in total. The van der Waals surface area contributed by atoms with Gasteiger partial charge in [0.15, 0.2) is 11.5 Å². The van der Waals surface area contributed by atoms with Crippen molar-refractivity contribution in [1.29, 1.82) is 0 Å². The average Bonchev–Trinajstić information content (AvgIpc) is 2.63. The molecule has 1 aliphatic heterocycles. The van der Waals surface area contributed by atoms with Crippen LogP contribution in [0.2, 0.25) is 10.0 Å². The summed E-state index contributed by atoms with van der Waals surface area (Å²) in [6.45, 7) is 0.960. The molecule has 0 spiro atoms. The minimum absolute atomic E-state index is 0.0439. The van der Waals surface area contributed by atoms with Crippen LogP contribution in [0.4, 0.5) is 0 Å². The van der Waals surface area contributed by atoms with Crippen LogP contribution in [0.3, 0.4) is 0 Å². The Morgan fingerprint density at radius 3 is 2.48 bits per heavy atom. The molecular formula is C18H11Cl2NO4. The van der Waals surface area contributed by atoms with Crippen LogP contribution in [0.25, 0.3) is 22.2 Å². The minimum atomic E-state index is -1.10. The van der Waals surface area contributed by atoms with E-state index >= 15 is 0 Å². The van der Waals surface area contributed by atoms with Crippen molar-refractivity contribution in [3.05, 3.63) is 52.0 Å². The van der Waals surface area contributed by atoms with Crippen LogP contribution in [-0.4, -0.2) is 29.3 Å². The van der Waals surface area contributed by atoms with Crippen molar-refractivity contribution in [3.8, 4) is 22.8 Å². The molecule has 126 valence electrons. The summed E-state index contributed by atoms with van der Waals surface area (Å²) in [5, 5.41) is 10.5. The second-order valence-corrected chi connectivity index (χ2v) is 6.29. The first-order valence-electron chi connectivity index (χ1n) is 7.46. The number of halogens is 2. The van der Waals surface area contributed by atoms with Crippen molar-refractivity contribution in [3.63, 3.8) is 0 Å². The highest BCUT2D eigenvalue weighted by atomic mass is 35.5. The Kier molecular flexibility index (Phi) is 3.90. The Morgan fingerprint density at radius 1 is 1.00 bits per heavy atom. The highest BCUT2D eigenvalue weighted by Crippen LogP contribution is 2.37. The average molecular weight is 376 g/mol. The number of carbonyl (C=O) groups is 1. The predicted octanol–water partition coefficient (Wildman–Crippen LogP) is 4.68. The zero-order chi connectivity index (χ0) is 17.6. The van der Waals surface area contributed by atoms with Gasteiger partial charge in [0, 0.05) is 10.9 Å². The van der Waals surface area contributed by atoms with Crippen LogP contribution in [0.1, 0.15) is 10.4 Å². The van der Waals surface area contributed by atoms with Crippen LogP contribution in [0.5, 0.6) is 11.5 Å². The van der Waals surface area contributed by atoms with Gasteiger partial charge in [-0.2, -0.15) is 0 Å². The van der Waals surface area contributed by atoms with Gasteiger partial charge in [-0.25, -0.2) is 9.78 Å². The standard InChI is InChI=1S/C18H11Cl2NO4/c19-11-2-3-12(20)17-16(11)10(18(22)23)8-13(21-17)9-1-4-14-15(7-9)25-6-5-24-14/h1-4,7-8H,5-6H2,(H,22,23). The number of fused-ring (bicyclic) bond motifs is 2. The number of pyridine rings is 1. The third-order valence-corrected chi connectivity index (χ3v) is 4.55. The number of carboxylic acid groups (broad SMARTS) is 1. The van der Waals surface area contributed by atoms with E-state index in [4.69, 9.17) is 32.7 Å². The number of carboxylic acids is 1. The lowest BCUT2D eigenvalue weighted by Gasteiger charge is -2.19. The molecule has 0 fully saturated rings. The van der Waals surface area contributed by atoms with Crippen molar-refractivity contribution >= 4 is 40.1 Å². The lowest BCUT2D eigenvalue weighted by atomic mass is 10.0. The Morgan fingerprint density at radius 2 is 1.72 bits per heavy atom. The van der Waals surface area contributed by atoms with Gasteiger partial charge in [0.1, 0.15) is 13.2 Å². The first-order chi connectivity index (χ1) is 12.0. The Hall–Kier alpha value is -2.50. The molecule has 4 rings (SSSR count). The van der Waals surface area contributed by atoms with E-state index in [2.05, 4.69) is 4.98 Å². The van der Waals surface area contributed by atoms with E-state index in [0.29, 0.717) is 51.9 Å². The van der Waals surface area contributed by atoms with Crippen LogP contribution in [-0.2, 0) is 0 Å². The molecule has 0 saturated heterocycles. The molecule has 1 aromatic heterocycles. The smallest absolute Gasteiger partial charge is 0.336 e. The summed E-state index contributed by atoms with van der Waals surface area (Å²) in [5.41, 5.74) is 1.55. The normalized spacial score (nSPS) is 13.0. The molecule has 1 N–H and O–H groups in total. The summed E-state index contributed by atoms with van der Waals surface area (Å²) in [5.74, 6) is 0.144. The summed E-state index contributed by atoms with van der Waals surface area (Å²) >= 11 is 12.4. The van der Waals surface area contributed by atoms with E-state index in [1.54, 1.807) is 30.3 Å². The second-order valence-electron chi connectivity index (χ2n) is 5.47. The maximum absolute atomic E-state index is 11.7. The summed E-state index contributed by atoms with van der Waals surface area (Å²) in [4.78, 5) is 16.2. The molecule has 1 aliphatic rings. The number of benzene rings is 2. The lowest BCUT2D eigenvalue weighted by molar-refractivity contribution is 0.0699. The van der Waals surface area contributed by atoms with Crippen LogP contribution < -0.4 is 9.47 Å². The lowest BCUT2D eigenvalue weighted by Crippen LogP contribution is -2.15. The fourth-order valence-corrected chi connectivity index (χ4v) is 3.24. The molecular weight excluding hydrogens is 365 g/mol. The largest absolute Gasteiger partial charge is 0.486 e. The summed E-state index contributed by atoms with van der Waals surface area (Å²) in [6, 6.07) is 9.98. The van der Waals surface area contributed by atoms with E-state index in [-0.39, 0.29) is 10.6 Å². The Labute approximate surface area is 152 Å². The molecule has 2 aromatic carbocycles. The molecule has 0 unspecified atom stereocenters. The first kappa shape index (κ1) is 16.0. The predicted molar refractivity (Wildman–Crippen MR) is 95.1 cm³/mol. The maximum atomic E-state index is 11.7. The van der Waals surface area contributed by atoms with Crippen molar-refractivity contribution in [2.75, 3.05) is 13.2 Å². The molecule has 0 atom stereocenters. The highest BCUT2D eigenvalue weighted by Gasteiger charge is 2.19. The fourth-order valence-electron chi connectivity index (χ4n) is 2.79. The van der Waals surface area contributed by atoms with Crippen molar-refractivity contribution < 1.29 is 19.4 Å². The third kappa shape index (κ3) is 2.75. The molecule has 0 aliphatic carbocycles. The molecule has 25 heavy (non-hydrogen) atoms. The van der Waals surface area contributed by atoms with E-state index in [0.717, 1.165) is 0 Å². The van der Waals surface area contributed by atoms with Gasteiger partial charge in [-0.1, -0.05) is 23.2 Å². The second kappa shape index (κ2) is 6.10. The number of aromatic nitrogens is 1. The van der Waals surface area contributed by atoms with Crippen molar-refractivity contribution in [1.82, 2.24) is 4.98 Å². The monoisotopic (exact) mass is 375 g/mol. The molecule has 7 heteroatoms. The number of hydrogen-bond donors (Lipinski definition) is 1. The number of nitrogens with zero attached hydrogens (tertiary/aromatic N) is 1. The van der Waals surface area contributed by atoms with Crippen LogP contribution >= 0.6 is 23.2 Å². The van der Waals surface area contributed by atoms with Crippen molar-refractivity contribution in [2.24, 2.45) is 0 Å².